The highest BCUT2D eigenvalue weighted by molar-refractivity contribution is 7.89. The van der Waals surface area contributed by atoms with Crippen LogP contribution in [0.25, 0.3) is 16.6 Å². The molecule has 0 spiro atoms. The minimum atomic E-state index is -3.61. The lowest BCUT2D eigenvalue weighted by atomic mass is 9.89. The van der Waals surface area contributed by atoms with Gasteiger partial charge in [-0.05, 0) is 55.0 Å². The Labute approximate surface area is 168 Å². The molecule has 1 saturated heterocycles. The molecule has 4 aromatic rings. The van der Waals surface area contributed by atoms with Crippen molar-refractivity contribution in [2.45, 2.75) is 30.7 Å². The second-order valence-electron chi connectivity index (χ2n) is 7.60. The molecule has 4 heterocycles. The second kappa shape index (κ2) is 6.64. The van der Waals surface area contributed by atoms with Crippen LogP contribution in [-0.2, 0) is 17.1 Å². The van der Waals surface area contributed by atoms with Gasteiger partial charge in [0.25, 0.3) is 10.0 Å². The SMILES string of the molecule is Cc1cc2ncnn2cc1C1CCN(S(=O)(=O)c2c3ccccc3nn2C)CC1. The summed E-state index contributed by atoms with van der Waals surface area (Å²) in [5.74, 6) is 0.304. The van der Waals surface area contributed by atoms with Crippen LogP contribution in [0.4, 0.5) is 0 Å². The van der Waals surface area contributed by atoms with E-state index >= 15 is 0 Å². The van der Waals surface area contributed by atoms with Crippen molar-refractivity contribution in [1.29, 1.82) is 0 Å². The molecule has 150 valence electrons. The maximum atomic E-state index is 13.4. The van der Waals surface area contributed by atoms with Crippen molar-refractivity contribution >= 4 is 26.6 Å². The van der Waals surface area contributed by atoms with Gasteiger partial charge in [-0.25, -0.2) is 17.9 Å². The highest BCUT2D eigenvalue weighted by atomic mass is 32.2. The van der Waals surface area contributed by atoms with Gasteiger partial charge in [0.05, 0.1) is 5.52 Å². The lowest BCUT2D eigenvalue weighted by Crippen LogP contribution is -2.38. The van der Waals surface area contributed by atoms with Crippen LogP contribution in [0.1, 0.15) is 29.9 Å². The highest BCUT2D eigenvalue weighted by Crippen LogP contribution is 2.34. The van der Waals surface area contributed by atoms with Crippen molar-refractivity contribution in [3.8, 4) is 0 Å². The molecule has 1 aliphatic rings. The zero-order valence-electron chi connectivity index (χ0n) is 16.4. The molecule has 0 amide bonds. The van der Waals surface area contributed by atoms with Crippen LogP contribution in [0.5, 0.6) is 0 Å². The molecule has 0 N–H and O–H groups in total. The third-order valence-electron chi connectivity index (χ3n) is 5.83. The van der Waals surface area contributed by atoms with E-state index in [2.05, 4.69) is 22.1 Å². The third kappa shape index (κ3) is 2.92. The van der Waals surface area contributed by atoms with Gasteiger partial charge in [-0.2, -0.15) is 14.5 Å². The van der Waals surface area contributed by atoms with E-state index in [-0.39, 0.29) is 5.03 Å². The van der Waals surface area contributed by atoms with Gasteiger partial charge in [0.15, 0.2) is 10.7 Å². The predicted molar refractivity (Wildman–Crippen MR) is 109 cm³/mol. The van der Waals surface area contributed by atoms with Crippen molar-refractivity contribution in [1.82, 2.24) is 28.7 Å². The van der Waals surface area contributed by atoms with Crippen molar-refractivity contribution < 1.29 is 8.42 Å². The van der Waals surface area contributed by atoms with E-state index in [0.29, 0.717) is 29.9 Å². The number of sulfonamides is 1. The summed E-state index contributed by atoms with van der Waals surface area (Å²) in [6.07, 6.45) is 5.12. The van der Waals surface area contributed by atoms with E-state index in [1.807, 2.05) is 36.5 Å². The van der Waals surface area contributed by atoms with Crippen LogP contribution in [0.3, 0.4) is 0 Å². The van der Waals surface area contributed by atoms with Crippen LogP contribution in [0.2, 0.25) is 0 Å². The average molecular weight is 411 g/mol. The minimum absolute atomic E-state index is 0.270. The summed E-state index contributed by atoms with van der Waals surface area (Å²) in [6.45, 7) is 3.05. The number of fused-ring (bicyclic) bond motifs is 2. The molecular formula is C20H22N6O2S. The number of benzene rings is 1. The van der Waals surface area contributed by atoms with Gasteiger partial charge in [0.2, 0.25) is 0 Å². The van der Waals surface area contributed by atoms with Crippen LogP contribution >= 0.6 is 0 Å². The number of aromatic nitrogens is 5. The number of hydrogen-bond donors (Lipinski definition) is 0. The monoisotopic (exact) mass is 410 g/mol. The Bertz CT molecular complexity index is 1320. The molecule has 0 radical (unpaired) electrons. The Morgan fingerprint density at radius 1 is 1.14 bits per heavy atom. The molecular weight excluding hydrogens is 388 g/mol. The first-order chi connectivity index (χ1) is 13.9. The maximum Gasteiger partial charge on any atom is 0.260 e. The summed E-state index contributed by atoms with van der Waals surface area (Å²) in [6, 6.07) is 9.40. The van der Waals surface area contributed by atoms with Gasteiger partial charge < -0.3 is 0 Å². The fraction of sp³-hybridized carbons (Fsp3) is 0.350. The molecule has 0 unspecified atom stereocenters. The molecule has 29 heavy (non-hydrogen) atoms. The van der Waals surface area contributed by atoms with E-state index in [1.165, 1.54) is 15.8 Å². The Morgan fingerprint density at radius 2 is 1.90 bits per heavy atom. The zero-order chi connectivity index (χ0) is 20.2. The molecule has 1 fully saturated rings. The molecule has 9 heteroatoms. The molecule has 0 aliphatic carbocycles. The normalized spacial score (nSPS) is 16.8. The van der Waals surface area contributed by atoms with E-state index in [1.54, 1.807) is 22.2 Å². The van der Waals surface area contributed by atoms with E-state index in [0.717, 1.165) is 18.5 Å². The third-order valence-corrected chi connectivity index (χ3v) is 7.85. The summed E-state index contributed by atoms with van der Waals surface area (Å²) in [4.78, 5) is 4.23. The molecule has 3 aromatic heterocycles. The number of piperidine rings is 1. The van der Waals surface area contributed by atoms with Crippen LogP contribution in [0, 0.1) is 6.92 Å². The lowest BCUT2D eigenvalue weighted by molar-refractivity contribution is 0.317. The van der Waals surface area contributed by atoms with Gasteiger partial charge in [0, 0.05) is 31.7 Å². The Balaban J connectivity index is 1.42. The smallest absolute Gasteiger partial charge is 0.255 e. The Kier molecular flexibility index (Phi) is 4.18. The first kappa shape index (κ1) is 18.3. The molecule has 0 saturated carbocycles. The minimum Gasteiger partial charge on any atom is -0.255 e. The van der Waals surface area contributed by atoms with Crippen LogP contribution < -0.4 is 0 Å². The van der Waals surface area contributed by atoms with Crippen LogP contribution in [0.15, 0.2) is 47.9 Å². The lowest BCUT2D eigenvalue weighted by Gasteiger charge is -2.32. The molecule has 1 aliphatic heterocycles. The largest absolute Gasteiger partial charge is 0.260 e. The molecule has 8 nitrogen and oxygen atoms in total. The zero-order valence-corrected chi connectivity index (χ0v) is 17.2. The summed E-state index contributed by atoms with van der Waals surface area (Å²) < 4.78 is 31.6. The van der Waals surface area contributed by atoms with Gasteiger partial charge in [0.1, 0.15) is 6.33 Å². The van der Waals surface area contributed by atoms with Gasteiger partial charge in [-0.15, -0.1) is 0 Å². The topological polar surface area (TPSA) is 85.4 Å². The quantitative estimate of drug-likeness (QED) is 0.518. The van der Waals surface area contributed by atoms with Crippen molar-refractivity contribution in [2.75, 3.05) is 13.1 Å². The maximum absolute atomic E-state index is 13.4. The summed E-state index contributed by atoms with van der Waals surface area (Å²) in [5.41, 5.74) is 3.91. The standard InChI is InChI=1S/C20H22N6O2S/c1-14-11-19-21-13-22-26(19)12-17(14)15-7-9-25(10-8-15)29(27,28)20-16-5-3-4-6-18(16)23-24(20)2/h3-6,11-13,15H,7-10H2,1-2H3. The number of pyridine rings is 1. The summed E-state index contributed by atoms with van der Waals surface area (Å²) in [7, 11) is -1.92. The second-order valence-corrected chi connectivity index (χ2v) is 9.45. The number of rotatable bonds is 3. The number of nitrogens with zero attached hydrogens (tertiary/aromatic N) is 6. The molecule has 1 aromatic carbocycles. The predicted octanol–water partition coefficient (Wildman–Crippen LogP) is 2.49. The van der Waals surface area contributed by atoms with E-state index in [9.17, 15) is 8.42 Å². The molecule has 0 atom stereocenters. The molecule has 0 bridgehead atoms. The Morgan fingerprint density at radius 3 is 2.69 bits per heavy atom. The highest BCUT2D eigenvalue weighted by Gasteiger charge is 2.34. The summed E-state index contributed by atoms with van der Waals surface area (Å²) in [5, 5.41) is 9.54. The summed E-state index contributed by atoms with van der Waals surface area (Å²) >= 11 is 0. The van der Waals surface area contributed by atoms with Crippen molar-refractivity contribution in [3.63, 3.8) is 0 Å². The van der Waals surface area contributed by atoms with Gasteiger partial charge in [-0.3, -0.25) is 4.68 Å². The number of aryl methyl sites for hydroxylation is 2. The first-order valence-corrected chi connectivity index (χ1v) is 11.1. The molecule has 5 rings (SSSR count). The van der Waals surface area contributed by atoms with Crippen LogP contribution in [-0.4, -0.2) is 50.2 Å². The fourth-order valence-electron chi connectivity index (χ4n) is 4.36. The van der Waals surface area contributed by atoms with Gasteiger partial charge >= 0.3 is 0 Å². The van der Waals surface area contributed by atoms with E-state index < -0.39 is 10.0 Å². The Hall–Kier alpha value is -2.78. The van der Waals surface area contributed by atoms with E-state index in [4.69, 9.17) is 0 Å². The van der Waals surface area contributed by atoms with Crippen molar-refractivity contribution in [3.05, 3.63) is 54.0 Å². The fourth-order valence-corrected chi connectivity index (χ4v) is 6.12. The van der Waals surface area contributed by atoms with Crippen molar-refractivity contribution in [2.24, 2.45) is 7.05 Å². The number of hydrogen-bond acceptors (Lipinski definition) is 5. The average Bonchev–Trinajstić information content (AvgIpc) is 3.30. The first-order valence-electron chi connectivity index (χ1n) is 9.67. The van der Waals surface area contributed by atoms with Gasteiger partial charge in [-0.1, -0.05) is 12.1 Å².